The van der Waals surface area contributed by atoms with Gasteiger partial charge in [-0.25, -0.2) is 8.42 Å². The number of rotatable bonds is 4. The summed E-state index contributed by atoms with van der Waals surface area (Å²) >= 11 is 0. The van der Waals surface area contributed by atoms with Gasteiger partial charge in [0.05, 0.1) is 4.90 Å². The number of benzene rings is 1. The van der Waals surface area contributed by atoms with E-state index in [9.17, 15) is 13.2 Å². The van der Waals surface area contributed by atoms with Crippen LogP contribution in [0.1, 0.15) is 55.3 Å². The standard InChI is InChI=1S/C19H29N3O3S/c1-21(17-9-3-2-4-10-17)26(24,25)18-11-5-7-15(13-18)19(23)22-12-6-8-16(20)14-22/h5,7,11,13,16-17H,2-4,6,8-10,12,14,20H2,1H3. The molecular formula is C19H29N3O3S. The molecule has 2 fully saturated rings. The number of carbonyl (C=O) groups is 1. The SMILES string of the molecule is CN(C1CCCCC1)S(=O)(=O)c1cccc(C(=O)N2CCCC(N)C2)c1. The molecule has 3 rings (SSSR count). The Morgan fingerprint density at radius 2 is 1.88 bits per heavy atom. The zero-order valence-electron chi connectivity index (χ0n) is 15.4. The predicted octanol–water partition coefficient (Wildman–Crippen LogP) is 2.20. The second-order valence-corrected chi connectivity index (χ2v) is 9.49. The van der Waals surface area contributed by atoms with Gasteiger partial charge in [-0.2, -0.15) is 4.31 Å². The summed E-state index contributed by atoms with van der Waals surface area (Å²) in [6, 6.07) is 6.47. The first kappa shape index (κ1) is 19.3. The van der Waals surface area contributed by atoms with Crippen LogP contribution >= 0.6 is 0 Å². The second-order valence-electron chi connectivity index (χ2n) is 7.49. The fourth-order valence-electron chi connectivity index (χ4n) is 3.97. The zero-order valence-corrected chi connectivity index (χ0v) is 16.2. The molecule has 7 heteroatoms. The van der Waals surface area contributed by atoms with E-state index in [1.807, 2.05) is 0 Å². The van der Waals surface area contributed by atoms with E-state index < -0.39 is 10.0 Å². The third kappa shape index (κ3) is 4.10. The summed E-state index contributed by atoms with van der Waals surface area (Å²) in [5.74, 6) is -0.141. The largest absolute Gasteiger partial charge is 0.337 e. The van der Waals surface area contributed by atoms with Gasteiger partial charge < -0.3 is 10.6 Å². The molecule has 2 aliphatic rings. The maximum Gasteiger partial charge on any atom is 0.253 e. The normalized spacial score (nSPS) is 22.6. The lowest BCUT2D eigenvalue weighted by Gasteiger charge is -2.31. The molecule has 2 N–H and O–H groups in total. The second kappa shape index (κ2) is 8.06. The number of nitrogens with two attached hydrogens (primary N) is 1. The number of hydrogen-bond acceptors (Lipinski definition) is 4. The summed E-state index contributed by atoms with van der Waals surface area (Å²) in [5.41, 5.74) is 6.38. The molecule has 1 aliphatic carbocycles. The number of piperidine rings is 1. The molecule has 26 heavy (non-hydrogen) atoms. The molecular weight excluding hydrogens is 350 g/mol. The Morgan fingerprint density at radius 1 is 1.15 bits per heavy atom. The molecule has 0 aromatic heterocycles. The lowest BCUT2D eigenvalue weighted by Crippen LogP contribution is -2.45. The third-order valence-electron chi connectivity index (χ3n) is 5.59. The van der Waals surface area contributed by atoms with E-state index in [1.54, 1.807) is 30.1 Å². The molecule has 1 aromatic rings. The molecule has 144 valence electrons. The van der Waals surface area contributed by atoms with Crippen molar-refractivity contribution in [2.75, 3.05) is 20.1 Å². The number of likely N-dealkylation sites (tertiary alicyclic amines) is 1. The fourth-order valence-corrected chi connectivity index (χ4v) is 5.44. The number of sulfonamides is 1. The summed E-state index contributed by atoms with van der Waals surface area (Å²) in [5, 5.41) is 0. The van der Waals surface area contributed by atoms with Crippen molar-refractivity contribution in [2.24, 2.45) is 5.73 Å². The first-order chi connectivity index (χ1) is 12.4. The molecule has 1 aromatic carbocycles. The highest BCUT2D eigenvalue weighted by atomic mass is 32.2. The van der Waals surface area contributed by atoms with Crippen LogP contribution in [0.5, 0.6) is 0 Å². The van der Waals surface area contributed by atoms with E-state index in [0.717, 1.165) is 38.5 Å². The summed E-state index contributed by atoms with van der Waals surface area (Å²) in [6.45, 7) is 1.20. The van der Waals surface area contributed by atoms with E-state index in [1.165, 1.54) is 16.8 Å². The number of carbonyl (C=O) groups excluding carboxylic acids is 1. The smallest absolute Gasteiger partial charge is 0.253 e. The van der Waals surface area contributed by atoms with Crippen molar-refractivity contribution in [2.45, 2.75) is 61.9 Å². The number of nitrogens with zero attached hydrogens (tertiary/aromatic N) is 2. The van der Waals surface area contributed by atoms with Gasteiger partial charge >= 0.3 is 0 Å². The molecule has 0 bridgehead atoms. The maximum absolute atomic E-state index is 13.0. The molecule has 1 atom stereocenters. The van der Waals surface area contributed by atoms with Crippen molar-refractivity contribution >= 4 is 15.9 Å². The molecule has 1 aliphatic heterocycles. The Bertz CT molecular complexity index is 744. The van der Waals surface area contributed by atoms with Gasteiger partial charge in [-0.3, -0.25) is 4.79 Å². The van der Waals surface area contributed by atoms with E-state index in [0.29, 0.717) is 18.7 Å². The summed E-state index contributed by atoms with van der Waals surface area (Å²) in [7, 11) is -1.94. The van der Waals surface area contributed by atoms with Gasteiger partial charge in [0, 0.05) is 37.8 Å². The molecule has 0 spiro atoms. The van der Waals surface area contributed by atoms with Crippen LogP contribution in [0, 0.1) is 0 Å². The van der Waals surface area contributed by atoms with Crippen molar-refractivity contribution in [3.05, 3.63) is 29.8 Å². The Hall–Kier alpha value is -1.44. The lowest BCUT2D eigenvalue weighted by atomic mass is 9.96. The van der Waals surface area contributed by atoms with E-state index in [-0.39, 0.29) is 22.9 Å². The van der Waals surface area contributed by atoms with E-state index in [4.69, 9.17) is 5.73 Å². The molecule has 1 heterocycles. The lowest BCUT2D eigenvalue weighted by molar-refractivity contribution is 0.0708. The van der Waals surface area contributed by atoms with Crippen LogP contribution in [-0.4, -0.2) is 55.8 Å². The van der Waals surface area contributed by atoms with Gasteiger partial charge in [0.1, 0.15) is 0 Å². The minimum absolute atomic E-state index is 0.00273. The molecule has 6 nitrogen and oxygen atoms in total. The fraction of sp³-hybridized carbons (Fsp3) is 0.632. The highest BCUT2D eigenvalue weighted by Crippen LogP contribution is 2.27. The minimum atomic E-state index is -3.60. The third-order valence-corrected chi connectivity index (χ3v) is 7.50. The average Bonchev–Trinajstić information content (AvgIpc) is 2.67. The number of amides is 1. The van der Waals surface area contributed by atoms with Crippen LogP contribution in [0.3, 0.4) is 0 Å². The maximum atomic E-state index is 13.0. The van der Waals surface area contributed by atoms with E-state index in [2.05, 4.69) is 0 Å². The highest BCUT2D eigenvalue weighted by Gasteiger charge is 2.30. The van der Waals surface area contributed by atoms with Gasteiger partial charge in [0.2, 0.25) is 10.0 Å². The first-order valence-electron chi connectivity index (χ1n) is 9.52. The monoisotopic (exact) mass is 379 g/mol. The van der Waals surface area contributed by atoms with E-state index >= 15 is 0 Å². The van der Waals surface area contributed by atoms with Gasteiger partial charge in [-0.05, 0) is 43.9 Å². The topological polar surface area (TPSA) is 83.7 Å². The molecule has 1 unspecified atom stereocenters. The van der Waals surface area contributed by atoms with Crippen molar-refractivity contribution in [1.82, 2.24) is 9.21 Å². The Kier molecular flexibility index (Phi) is 5.99. The quantitative estimate of drug-likeness (QED) is 0.869. The molecule has 0 radical (unpaired) electrons. The van der Waals surface area contributed by atoms with Crippen LogP contribution in [0.25, 0.3) is 0 Å². The molecule has 1 saturated carbocycles. The van der Waals surface area contributed by atoms with Crippen LogP contribution in [-0.2, 0) is 10.0 Å². The Balaban J connectivity index is 1.80. The number of hydrogen-bond donors (Lipinski definition) is 1. The van der Waals surface area contributed by atoms with Crippen LogP contribution in [0.2, 0.25) is 0 Å². The van der Waals surface area contributed by atoms with Gasteiger partial charge in [-0.1, -0.05) is 25.3 Å². The summed E-state index contributed by atoms with van der Waals surface area (Å²) in [4.78, 5) is 14.7. The average molecular weight is 380 g/mol. The van der Waals surface area contributed by atoms with Gasteiger partial charge in [-0.15, -0.1) is 0 Å². The molecule has 1 saturated heterocycles. The van der Waals surface area contributed by atoms with Gasteiger partial charge in [0.15, 0.2) is 0 Å². The first-order valence-corrected chi connectivity index (χ1v) is 11.0. The summed E-state index contributed by atoms with van der Waals surface area (Å²) in [6.07, 6.45) is 6.92. The van der Waals surface area contributed by atoms with Crippen LogP contribution in [0.15, 0.2) is 29.2 Å². The highest BCUT2D eigenvalue weighted by molar-refractivity contribution is 7.89. The van der Waals surface area contributed by atoms with Crippen molar-refractivity contribution in [1.29, 1.82) is 0 Å². The zero-order chi connectivity index (χ0) is 18.7. The van der Waals surface area contributed by atoms with Crippen LogP contribution in [0.4, 0.5) is 0 Å². The van der Waals surface area contributed by atoms with Crippen molar-refractivity contribution < 1.29 is 13.2 Å². The molecule has 1 amide bonds. The Morgan fingerprint density at radius 3 is 2.58 bits per heavy atom. The summed E-state index contributed by atoms with van der Waals surface area (Å²) < 4.78 is 27.5. The Labute approximate surface area is 156 Å². The van der Waals surface area contributed by atoms with Crippen molar-refractivity contribution in [3.63, 3.8) is 0 Å². The minimum Gasteiger partial charge on any atom is -0.337 e. The van der Waals surface area contributed by atoms with Gasteiger partial charge in [0.25, 0.3) is 5.91 Å². The van der Waals surface area contributed by atoms with Crippen LogP contribution < -0.4 is 5.73 Å². The van der Waals surface area contributed by atoms with Crippen molar-refractivity contribution in [3.8, 4) is 0 Å². The predicted molar refractivity (Wildman–Crippen MR) is 101 cm³/mol.